The molecule has 0 saturated carbocycles. The number of nitrogens with zero attached hydrogens (tertiary/aromatic N) is 2. The first-order valence-corrected chi connectivity index (χ1v) is 6.88. The molecule has 1 unspecified atom stereocenters. The Bertz CT molecular complexity index is 674. The van der Waals surface area contributed by atoms with Gasteiger partial charge < -0.3 is 14.8 Å². The molecule has 1 atom stereocenters. The average Bonchev–Trinajstić information content (AvgIpc) is 3.08. The van der Waals surface area contributed by atoms with E-state index in [1.807, 2.05) is 6.07 Å². The van der Waals surface area contributed by atoms with E-state index in [4.69, 9.17) is 14.7 Å². The van der Waals surface area contributed by atoms with Crippen LogP contribution in [0.1, 0.15) is 17.5 Å². The molecule has 1 aromatic carbocycles. The summed E-state index contributed by atoms with van der Waals surface area (Å²) in [6.45, 7) is 0.710. The highest BCUT2D eigenvalue weighted by atomic mass is 16.5. The lowest BCUT2D eigenvalue weighted by Crippen LogP contribution is -2.47. The minimum atomic E-state index is -0.933. The summed E-state index contributed by atoms with van der Waals surface area (Å²) in [5.74, 6) is 0.239. The number of nitrogens with one attached hydrogen (secondary N) is 1. The summed E-state index contributed by atoms with van der Waals surface area (Å²) in [6.07, 6.45) is 0.476. The van der Waals surface area contributed by atoms with Crippen LogP contribution in [0.15, 0.2) is 18.2 Å². The van der Waals surface area contributed by atoms with Crippen LogP contribution in [0.2, 0.25) is 0 Å². The van der Waals surface area contributed by atoms with Crippen LogP contribution >= 0.6 is 0 Å². The number of urea groups is 1. The van der Waals surface area contributed by atoms with Gasteiger partial charge in [0, 0.05) is 18.6 Å². The summed E-state index contributed by atoms with van der Waals surface area (Å²) < 4.78 is 10.5. The van der Waals surface area contributed by atoms with Crippen LogP contribution in [0, 0.1) is 11.3 Å². The number of imide groups is 1. The summed E-state index contributed by atoms with van der Waals surface area (Å²) in [5, 5.41) is 11.7. The molecule has 0 bridgehead atoms. The quantitative estimate of drug-likeness (QED) is 0.833. The van der Waals surface area contributed by atoms with Gasteiger partial charge in [-0.25, -0.2) is 4.79 Å². The van der Waals surface area contributed by atoms with E-state index >= 15 is 0 Å². The molecule has 0 radical (unpaired) electrons. The second kappa shape index (κ2) is 5.31. The fourth-order valence-corrected chi connectivity index (χ4v) is 2.79. The molecule has 1 aromatic rings. The Morgan fingerprint density at radius 3 is 2.95 bits per heavy atom. The maximum Gasteiger partial charge on any atom is 0.325 e. The lowest BCUT2D eigenvalue weighted by molar-refractivity contribution is -0.131. The van der Waals surface area contributed by atoms with Crippen molar-refractivity contribution in [3.8, 4) is 11.8 Å². The monoisotopic (exact) mass is 301 g/mol. The van der Waals surface area contributed by atoms with Gasteiger partial charge in [0.15, 0.2) is 0 Å². The Balaban J connectivity index is 1.89. The first-order chi connectivity index (χ1) is 10.6. The standard InChI is InChI=1S/C15H15N3O4/c1-21-12-3-2-10(7-16)6-11(12)8-18-13(19)15(17-14(18)20)4-5-22-9-15/h2-3,6H,4-5,8-9H2,1H3,(H,17,20). The van der Waals surface area contributed by atoms with Gasteiger partial charge >= 0.3 is 6.03 Å². The predicted molar refractivity (Wildman–Crippen MR) is 75.0 cm³/mol. The molecule has 2 aliphatic heterocycles. The van der Waals surface area contributed by atoms with E-state index in [0.717, 1.165) is 4.90 Å². The van der Waals surface area contributed by atoms with Crippen molar-refractivity contribution < 1.29 is 19.1 Å². The van der Waals surface area contributed by atoms with E-state index in [9.17, 15) is 9.59 Å². The van der Waals surface area contributed by atoms with Gasteiger partial charge in [-0.2, -0.15) is 5.26 Å². The summed E-state index contributed by atoms with van der Waals surface area (Å²) >= 11 is 0. The smallest absolute Gasteiger partial charge is 0.325 e. The lowest BCUT2D eigenvalue weighted by Gasteiger charge is -2.19. The number of benzene rings is 1. The first-order valence-electron chi connectivity index (χ1n) is 6.88. The van der Waals surface area contributed by atoms with Crippen molar-refractivity contribution in [1.82, 2.24) is 10.2 Å². The van der Waals surface area contributed by atoms with Gasteiger partial charge in [-0.15, -0.1) is 0 Å². The molecule has 0 aromatic heterocycles. The van der Waals surface area contributed by atoms with Crippen LogP contribution in [0.25, 0.3) is 0 Å². The van der Waals surface area contributed by atoms with E-state index in [0.29, 0.717) is 29.9 Å². The van der Waals surface area contributed by atoms with E-state index in [1.165, 1.54) is 7.11 Å². The van der Waals surface area contributed by atoms with Crippen LogP contribution in [0.3, 0.4) is 0 Å². The minimum absolute atomic E-state index is 0.0606. The second-order valence-corrected chi connectivity index (χ2v) is 5.34. The van der Waals surface area contributed by atoms with E-state index < -0.39 is 11.6 Å². The summed E-state index contributed by atoms with van der Waals surface area (Å²) in [6, 6.07) is 6.49. The van der Waals surface area contributed by atoms with Crippen molar-refractivity contribution in [2.75, 3.05) is 20.3 Å². The molecule has 3 amide bonds. The van der Waals surface area contributed by atoms with Gasteiger partial charge in [0.25, 0.3) is 5.91 Å². The number of amides is 3. The molecule has 0 aliphatic carbocycles. The number of hydrogen-bond donors (Lipinski definition) is 1. The number of methoxy groups -OCH3 is 1. The van der Waals surface area contributed by atoms with Gasteiger partial charge in [0.1, 0.15) is 11.3 Å². The van der Waals surface area contributed by atoms with Crippen molar-refractivity contribution in [2.45, 2.75) is 18.5 Å². The highest BCUT2D eigenvalue weighted by Crippen LogP contribution is 2.29. The third-order valence-electron chi connectivity index (χ3n) is 4.01. The molecule has 1 N–H and O–H groups in total. The third-order valence-corrected chi connectivity index (χ3v) is 4.01. The fraction of sp³-hybridized carbons (Fsp3) is 0.400. The maximum atomic E-state index is 12.6. The maximum absolute atomic E-state index is 12.6. The molecule has 114 valence electrons. The van der Waals surface area contributed by atoms with Crippen molar-refractivity contribution in [3.63, 3.8) is 0 Å². The van der Waals surface area contributed by atoms with E-state index in [2.05, 4.69) is 5.32 Å². The molecule has 22 heavy (non-hydrogen) atoms. The molecule has 1 spiro atoms. The van der Waals surface area contributed by atoms with Crippen LogP contribution in [-0.2, 0) is 16.1 Å². The minimum Gasteiger partial charge on any atom is -0.496 e. The Hall–Kier alpha value is -2.59. The molecule has 3 rings (SSSR count). The third kappa shape index (κ3) is 2.18. The Labute approximate surface area is 127 Å². The molecule has 7 nitrogen and oxygen atoms in total. The van der Waals surface area contributed by atoms with Gasteiger partial charge in [0.2, 0.25) is 0 Å². The predicted octanol–water partition coefficient (Wildman–Crippen LogP) is 0.778. The van der Waals surface area contributed by atoms with Crippen LogP contribution < -0.4 is 10.1 Å². The molecule has 2 saturated heterocycles. The number of nitriles is 1. The molecule has 2 fully saturated rings. The number of ether oxygens (including phenoxy) is 2. The van der Waals surface area contributed by atoms with Crippen LogP contribution in [0.5, 0.6) is 5.75 Å². The van der Waals surface area contributed by atoms with Gasteiger partial charge in [0.05, 0.1) is 31.9 Å². The Kier molecular flexibility index (Phi) is 3.47. The second-order valence-electron chi connectivity index (χ2n) is 5.34. The van der Waals surface area contributed by atoms with Gasteiger partial charge in [-0.1, -0.05) is 0 Å². The Morgan fingerprint density at radius 1 is 1.50 bits per heavy atom. The zero-order valence-corrected chi connectivity index (χ0v) is 12.1. The topological polar surface area (TPSA) is 91.7 Å². The van der Waals surface area contributed by atoms with Gasteiger partial charge in [-0.05, 0) is 18.2 Å². The molecule has 7 heteroatoms. The number of carbonyl (C=O) groups excluding carboxylic acids is 2. The SMILES string of the molecule is COc1ccc(C#N)cc1CN1C(=O)NC2(CCOC2)C1=O. The summed E-state index contributed by atoms with van der Waals surface area (Å²) in [5.41, 5.74) is 0.125. The largest absolute Gasteiger partial charge is 0.496 e. The van der Waals surface area contributed by atoms with Crippen LogP contribution in [0.4, 0.5) is 4.79 Å². The average molecular weight is 301 g/mol. The van der Waals surface area contributed by atoms with Crippen molar-refractivity contribution in [3.05, 3.63) is 29.3 Å². The highest BCUT2D eigenvalue weighted by molar-refractivity contribution is 6.07. The summed E-state index contributed by atoms with van der Waals surface area (Å²) in [4.78, 5) is 25.8. The van der Waals surface area contributed by atoms with Crippen LogP contribution in [-0.4, -0.2) is 42.7 Å². The zero-order chi connectivity index (χ0) is 15.7. The van der Waals surface area contributed by atoms with Gasteiger partial charge in [-0.3, -0.25) is 9.69 Å². The van der Waals surface area contributed by atoms with E-state index in [-0.39, 0.29) is 19.1 Å². The molecule has 2 aliphatic rings. The zero-order valence-electron chi connectivity index (χ0n) is 12.1. The molecule has 2 heterocycles. The normalized spacial score (nSPS) is 23.7. The van der Waals surface area contributed by atoms with Crippen molar-refractivity contribution in [1.29, 1.82) is 5.26 Å². The lowest BCUT2D eigenvalue weighted by atomic mass is 9.99. The first kappa shape index (κ1) is 14.4. The molecular formula is C15H15N3O4. The van der Waals surface area contributed by atoms with Crippen molar-refractivity contribution in [2.24, 2.45) is 0 Å². The molecular weight excluding hydrogens is 286 g/mol. The number of hydrogen-bond acceptors (Lipinski definition) is 5. The number of carbonyl (C=O) groups is 2. The number of rotatable bonds is 3. The summed E-state index contributed by atoms with van der Waals surface area (Å²) in [7, 11) is 1.50. The Morgan fingerprint density at radius 2 is 2.32 bits per heavy atom. The highest BCUT2D eigenvalue weighted by Gasteiger charge is 2.53. The van der Waals surface area contributed by atoms with Crippen molar-refractivity contribution >= 4 is 11.9 Å². The van der Waals surface area contributed by atoms with E-state index in [1.54, 1.807) is 18.2 Å². The fourth-order valence-electron chi connectivity index (χ4n) is 2.79.